The number of rotatable bonds is 6. The molecule has 0 saturated carbocycles. The Labute approximate surface area is 153 Å². The van der Waals surface area contributed by atoms with Crippen LogP contribution in [0.1, 0.15) is 29.0 Å². The molecule has 0 bridgehead atoms. The zero-order valence-electron chi connectivity index (χ0n) is 14.8. The number of carbonyl (C=O) groups is 1. The van der Waals surface area contributed by atoms with Crippen LogP contribution in [0.4, 0.5) is 11.4 Å². The summed E-state index contributed by atoms with van der Waals surface area (Å²) in [4.78, 5) is 16.6. The number of nitrogens with one attached hydrogen (secondary N) is 2. The highest BCUT2D eigenvalue weighted by Crippen LogP contribution is 2.20. The van der Waals surface area contributed by atoms with E-state index in [2.05, 4.69) is 34.7 Å². The molecular weight excluding hydrogens is 326 g/mol. The fourth-order valence-corrected chi connectivity index (χ4v) is 2.58. The van der Waals surface area contributed by atoms with Crippen molar-refractivity contribution in [3.05, 3.63) is 84.2 Å². The van der Waals surface area contributed by atoms with Crippen molar-refractivity contribution in [3.8, 4) is 5.75 Å². The van der Waals surface area contributed by atoms with Gasteiger partial charge in [-0.05, 0) is 36.8 Å². The number of benzene rings is 2. The van der Waals surface area contributed by atoms with E-state index in [1.54, 1.807) is 31.5 Å². The quantitative estimate of drug-likeness (QED) is 0.688. The van der Waals surface area contributed by atoms with Crippen molar-refractivity contribution in [2.75, 3.05) is 17.7 Å². The summed E-state index contributed by atoms with van der Waals surface area (Å²) in [6, 6.07) is 21.1. The molecule has 0 spiro atoms. The van der Waals surface area contributed by atoms with Crippen molar-refractivity contribution in [2.45, 2.75) is 13.0 Å². The van der Waals surface area contributed by atoms with E-state index in [0.717, 1.165) is 5.69 Å². The Kier molecular flexibility index (Phi) is 5.49. The number of nitrogens with zero attached hydrogens (tertiary/aromatic N) is 1. The van der Waals surface area contributed by atoms with Gasteiger partial charge in [-0.3, -0.25) is 4.79 Å². The smallest absolute Gasteiger partial charge is 0.274 e. The predicted octanol–water partition coefficient (Wildman–Crippen LogP) is 4.52. The van der Waals surface area contributed by atoms with Crippen molar-refractivity contribution in [3.63, 3.8) is 0 Å². The number of hydrogen-bond acceptors (Lipinski definition) is 4. The third kappa shape index (κ3) is 4.39. The highest BCUT2D eigenvalue weighted by Gasteiger charge is 2.09. The second kappa shape index (κ2) is 8.16. The van der Waals surface area contributed by atoms with Gasteiger partial charge in [-0.25, -0.2) is 4.98 Å². The first-order valence-corrected chi connectivity index (χ1v) is 8.38. The summed E-state index contributed by atoms with van der Waals surface area (Å²) in [7, 11) is 1.59. The zero-order chi connectivity index (χ0) is 18.4. The first-order valence-electron chi connectivity index (χ1n) is 8.38. The molecule has 3 aromatic rings. The Bertz CT molecular complexity index is 864. The summed E-state index contributed by atoms with van der Waals surface area (Å²) in [6.45, 7) is 2.08. The van der Waals surface area contributed by atoms with E-state index in [9.17, 15) is 4.79 Å². The third-order valence-corrected chi connectivity index (χ3v) is 4.01. The van der Waals surface area contributed by atoms with Gasteiger partial charge < -0.3 is 15.4 Å². The number of methoxy groups -OCH3 is 1. The summed E-state index contributed by atoms with van der Waals surface area (Å²) in [5, 5.41) is 6.20. The van der Waals surface area contributed by atoms with Gasteiger partial charge in [0.05, 0.1) is 19.0 Å². The molecule has 26 heavy (non-hydrogen) atoms. The molecule has 5 heteroatoms. The molecule has 0 aliphatic rings. The van der Waals surface area contributed by atoms with Crippen LogP contribution in [0.15, 0.2) is 72.9 Å². The topological polar surface area (TPSA) is 63.2 Å². The number of anilines is 2. The molecule has 1 heterocycles. The molecule has 2 N–H and O–H groups in total. The molecule has 1 amide bonds. The maximum absolute atomic E-state index is 12.3. The lowest BCUT2D eigenvalue weighted by Gasteiger charge is -2.15. The van der Waals surface area contributed by atoms with E-state index >= 15 is 0 Å². The molecule has 0 saturated heterocycles. The molecular formula is C21H21N3O2. The lowest BCUT2D eigenvalue weighted by atomic mass is 10.1. The summed E-state index contributed by atoms with van der Waals surface area (Å²) in [5.41, 5.74) is 3.06. The molecule has 5 nitrogen and oxygen atoms in total. The van der Waals surface area contributed by atoms with Gasteiger partial charge in [-0.15, -0.1) is 0 Å². The van der Waals surface area contributed by atoms with E-state index in [0.29, 0.717) is 17.1 Å². The monoisotopic (exact) mass is 347 g/mol. The van der Waals surface area contributed by atoms with Crippen molar-refractivity contribution in [1.82, 2.24) is 4.98 Å². The standard InChI is InChI=1S/C21H21N3O2/c1-15(16-7-4-3-5-8-16)23-18-11-12-20(22-14-18)21(25)24-17-9-6-10-19(13-17)26-2/h3-15,23H,1-2H3,(H,24,25). The Morgan fingerprint density at radius 3 is 2.50 bits per heavy atom. The van der Waals surface area contributed by atoms with Crippen LogP contribution in [0.5, 0.6) is 5.75 Å². The van der Waals surface area contributed by atoms with Crippen LogP contribution < -0.4 is 15.4 Å². The number of carbonyl (C=O) groups excluding carboxylic acids is 1. The summed E-state index contributed by atoms with van der Waals surface area (Å²) in [6.07, 6.45) is 1.67. The normalized spacial score (nSPS) is 11.5. The van der Waals surface area contributed by atoms with Gasteiger partial charge in [-0.2, -0.15) is 0 Å². The molecule has 1 aromatic heterocycles. The summed E-state index contributed by atoms with van der Waals surface area (Å²) >= 11 is 0. The van der Waals surface area contributed by atoms with E-state index in [4.69, 9.17) is 4.74 Å². The van der Waals surface area contributed by atoms with Crippen LogP contribution in [-0.2, 0) is 0 Å². The van der Waals surface area contributed by atoms with Crippen LogP contribution in [0.25, 0.3) is 0 Å². The van der Waals surface area contributed by atoms with Crippen LogP contribution in [0.2, 0.25) is 0 Å². The van der Waals surface area contributed by atoms with Gasteiger partial charge in [0, 0.05) is 17.8 Å². The Morgan fingerprint density at radius 1 is 1.00 bits per heavy atom. The molecule has 0 radical (unpaired) electrons. The zero-order valence-corrected chi connectivity index (χ0v) is 14.8. The number of ether oxygens (including phenoxy) is 1. The lowest BCUT2D eigenvalue weighted by molar-refractivity contribution is 0.102. The Balaban J connectivity index is 1.64. The SMILES string of the molecule is COc1cccc(NC(=O)c2ccc(NC(C)c3ccccc3)cn2)c1. The van der Waals surface area contributed by atoms with Gasteiger partial charge in [-0.1, -0.05) is 36.4 Å². The minimum absolute atomic E-state index is 0.148. The number of amides is 1. The lowest BCUT2D eigenvalue weighted by Crippen LogP contribution is -2.14. The summed E-state index contributed by atoms with van der Waals surface area (Å²) < 4.78 is 5.16. The predicted molar refractivity (Wildman–Crippen MR) is 104 cm³/mol. The van der Waals surface area contributed by atoms with Crippen molar-refractivity contribution >= 4 is 17.3 Å². The van der Waals surface area contributed by atoms with E-state index in [1.165, 1.54) is 5.56 Å². The Morgan fingerprint density at radius 2 is 1.81 bits per heavy atom. The average Bonchev–Trinajstić information content (AvgIpc) is 2.69. The second-order valence-electron chi connectivity index (χ2n) is 5.89. The van der Waals surface area contributed by atoms with Crippen LogP contribution in [0.3, 0.4) is 0 Å². The molecule has 2 aromatic carbocycles. The molecule has 0 aliphatic heterocycles. The van der Waals surface area contributed by atoms with Crippen molar-refractivity contribution in [1.29, 1.82) is 0 Å². The van der Waals surface area contributed by atoms with Crippen LogP contribution in [0, 0.1) is 0 Å². The largest absolute Gasteiger partial charge is 0.497 e. The number of pyridine rings is 1. The van der Waals surface area contributed by atoms with E-state index in [-0.39, 0.29) is 11.9 Å². The molecule has 1 atom stereocenters. The van der Waals surface area contributed by atoms with Gasteiger partial charge in [0.1, 0.15) is 11.4 Å². The van der Waals surface area contributed by atoms with E-state index < -0.39 is 0 Å². The first kappa shape index (κ1) is 17.5. The van der Waals surface area contributed by atoms with Crippen LogP contribution in [-0.4, -0.2) is 18.0 Å². The molecule has 3 rings (SSSR count). The maximum atomic E-state index is 12.3. The molecule has 0 fully saturated rings. The highest BCUT2D eigenvalue weighted by molar-refractivity contribution is 6.03. The Hall–Kier alpha value is -3.34. The van der Waals surface area contributed by atoms with E-state index in [1.807, 2.05) is 36.4 Å². The minimum Gasteiger partial charge on any atom is -0.497 e. The molecule has 0 aliphatic carbocycles. The number of aromatic nitrogens is 1. The molecule has 1 unspecified atom stereocenters. The van der Waals surface area contributed by atoms with Gasteiger partial charge in [0.15, 0.2) is 0 Å². The van der Waals surface area contributed by atoms with Gasteiger partial charge >= 0.3 is 0 Å². The fourth-order valence-electron chi connectivity index (χ4n) is 2.58. The molecule has 132 valence electrons. The highest BCUT2D eigenvalue weighted by atomic mass is 16.5. The maximum Gasteiger partial charge on any atom is 0.274 e. The first-order chi connectivity index (χ1) is 12.7. The van der Waals surface area contributed by atoms with Crippen molar-refractivity contribution < 1.29 is 9.53 Å². The average molecular weight is 347 g/mol. The third-order valence-electron chi connectivity index (χ3n) is 4.01. The van der Waals surface area contributed by atoms with Gasteiger partial charge in [0.25, 0.3) is 5.91 Å². The minimum atomic E-state index is -0.263. The van der Waals surface area contributed by atoms with Gasteiger partial charge in [0.2, 0.25) is 0 Å². The number of hydrogen-bond donors (Lipinski definition) is 2. The summed E-state index contributed by atoms with van der Waals surface area (Å²) in [5.74, 6) is 0.422. The fraction of sp³-hybridized carbons (Fsp3) is 0.143. The van der Waals surface area contributed by atoms with Crippen molar-refractivity contribution in [2.24, 2.45) is 0 Å². The van der Waals surface area contributed by atoms with Crippen LogP contribution >= 0.6 is 0 Å². The second-order valence-corrected chi connectivity index (χ2v) is 5.89.